The number of Topliss-reactive ketones (excluding diaryl/α,β-unsaturated/α-hetero) is 1. The molecule has 4 nitrogen and oxygen atoms in total. The van der Waals surface area contributed by atoms with Crippen LogP contribution in [-0.2, 0) is 6.54 Å². The molecule has 5 heteroatoms. The lowest BCUT2D eigenvalue weighted by Crippen LogP contribution is -2.33. The van der Waals surface area contributed by atoms with Gasteiger partial charge in [0.1, 0.15) is 10.2 Å². The molecule has 0 saturated heterocycles. The fraction of sp³-hybridized carbons (Fsp3) is 0.600. The summed E-state index contributed by atoms with van der Waals surface area (Å²) in [6.45, 7) is 7.13. The third-order valence-corrected chi connectivity index (χ3v) is 2.95. The molecule has 0 spiro atoms. The molecule has 0 radical (unpaired) electrons. The summed E-state index contributed by atoms with van der Waals surface area (Å²) in [5.74, 6) is 0.566. The molecule has 0 aromatic carbocycles. The Morgan fingerprint density at radius 2 is 2.27 bits per heavy atom. The second kappa shape index (κ2) is 3.33. The summed E-state index contributed by atoms with van der Waals surface area (Å²) < 4.78 is 7.93. The van der Waals surface area contributed by atoms with Gasteiger partial charge in [0.05, 0.1) is 13.2 Å². The first-order valence-electron chi connectivity index (χ1n) is 4.81. The minimum absolute atomic E-state index is 0.0252. The van der Waals surface area contributed by atoms with E-state index in [0.29, 0.717) is 22.7 Å². The lowest BCUT2D eigenvalue weighted by molar-refractivity contribution is 0.0926. The highest BCUT2D eigenvalue weighted by Crippen LogP contribution is 2.34. The second-order valence-electron chi connectivity index (χ2n) is 4.64. The van der Waals surface area contributed by atoms with Gasteiger partial charge in [-0.1, -0.05) is 13.8 Å². The summed E-state index contributed by atoms with van der Waals surface area (Å²) in [6, 6.07) is 0. The van der Waals surface area contributed by atoms with E-state index in [9.17, 15) is 4.79 Å². The van der Waals surface area contributed by atoms with Gasteiger partial charge in [0.2, 0.25) is 5.88 Å². The van der Waals surface area contributed by atoms with Crippen LogP contribution in [0, 0.1) is 5.41 Å². The van der Waals surface area contributed by atoms with Crippen LogP contribution in [0.4, 0.5) is 0 Å². The van der Waals surface area contributed by atoms with Crippen molar-refractivity contribution >= 4 is 21.7 Å². The van der Waals surface area contributed by atoms with E-state index in [1.54, 1.807) is 4.68 Å². The maximum atomic E-state index is 11.4. The predicted molar refractivity (Wildman–Crippen MR) is 59.2 cm³/mol. The van der Waals surface area contributed by atoms with E-state index in [1.807, 2.05) is 0 Å². The summed E-state index contributed by atoms with van der Waals surface area (Å²) in [6.07, 6.45) is 0. The van der Waals surface area contributed by atoms with Crippen LogP contribution in [0.2, 0.25) is 0 Å². The average Bonchev–Trinajstić information content (AvgIpc) is 2.37. The number of nitrogens with zero attached hydrogens (tertiary/aromatic N) is 2. The van der Waals surface area contributed by atoms with E-state index in [4.69, 9.17) is 4.74 Å². The molecular formula is C10H13BrN2O2. The number of aromatic nitrogens is 2. The van der Waals surface area contributed by atoms with Crippen molar-refractivity contribution in [2.45, 2.75) is 27.3 Å². The van der Waals surface area contributed by atoms with Crippen LogP contribution in [0.15, 0.2) is 4.60 Å². The third-order valence-electron chi connectivity index (χ3n) is 2.39. The van der Waals surface area contributed by atoms with Crippen LogP contribution >= 0.6 is 15.9 Å². The zero-order chi connectivity index (χ0) is 11.2. The van der Waals surface area contributed by atoms with E-state index in [2.05, 4.69) is 34.9 Å². The lowest BCUT2D eigenvalue weighted by atomic mass is 9.94. The molecular weight excluding hydrogens is 260 g/mol. The standard InChI is InChI=1S/C10H13BrN2O2/c1-6(14)7-8(11)12-13-4-10(2,3)5-15-9(7)13/h4-5H2,1-3H3. The largest absolute Gasteiger partial charge is 0.477 e. The quantitative estimate of drug-likeness (QED) is 0.737. The van der Waals surface area contributed by atoms with Crippen molar-refractivity contribution in [2.75, 3.05) is 6.61 Å². The highest BCUT2D eigenvalue weighted by atomic mass is 79.9. The monoisotopic (exact) mass is 272 g/mol. The fourth-order valence-corrected chi connectivity index (χ4v) is 2.32. The van der Waals surface area contributed by atoms with Crippen molar-refractivity contribution in [2.24, 2.45) is 5.41 Å². The van der Waals surface area contributed by atoms with Crippen LogP contribution in [0.3, 0.4) is 0 Å². The number of fused-ring (bicyclic) bond motifs is 1. The molecule has 1 aliphatic heterocycles. The molecule has 0 atom stereocenters. The SMILES string of the molecule is CC(=O)c1c(Br)nn2c1OCC(C)(C)C2. The molecule has 0 aliphatic carbocycles. The van der Waals surface area contributed by atoms with Crippen molar-refractivity contribution in [3.8, 4) is 5.88 Å². The Kier molecular flexibility index (Phi) is 2.37. The van der Waals surface area contributed by atoms with Gasteiger partial charge >= 0.3 is 0 Å². The number of hydrogen-bond donors (Lipinski definition) is 0. The van der Waals surface area contributed by atoms with Crippen LogP contribution in [0.5, 0.6) is 5.88 Å². The molecule has 0 N–H and O–H groups in total. The van der Waals surface area contributed by atoms with Crippen molar-refractivity contribution in [3.05, 3.63) is 10.2 Å². The summed E-state index contributed by atoms with van der Waals surface area (Å²) in [4.78, 5) is 11.4. The zero-order valence-electron chi connectivity index (χ0n) is 9.00. The molecule has 15 heavy (non-hydrogen) atoms. The molecule has 1 aromatic rings. The normalized spacial score (nSPS) is 18.1. The number of carbonyl (C=O) groups excluding carboxylic acids is 1. The molecule has 0 amide bonds. The van der Waals surface area contributed by atoms with Crippen molar-refractivity contribution in [1.29, 1.82) is 0 Å². The molecule has 0 fully saturated rings. The second-order valence-corrected chi connectivity index (χ2v) is 5.39. The van der Waals surface area contributed by atoms with Crippen LogP contribution < -0.4 is 4.74 Å². The maximum Gasteiger partial charge on any atom is 0.224 e. The minimum Gasteiger partial charge on any atom is -0.477 e. The number of rotatable bonds is 1. The summed E-state index contributed by atoms with van der Waals surface area (Å²) in [7, 11) is 0. The molecule has 2 heterocycles. The van der Waals surface area contributed by atoms with Gasteiger partial charge in [0.15, 0.2) is 5.78 Å². The predicted octanol–water partition coefficient (Wildman–Crippen LogP) is 2.27. The third kappa shape index (κ3) is 1.80. The maximum absolute atomic E-state index is 11.4. The van der Waals surface area contributed by atoms with Crippen molar-refractivity contribution in [1.82, 2.24) is 9.78 Å². The van der Waals surface area contributed by atoms with E-state index in [0.717, 1.165) is 6.54 Å². The molecule has 1 aromatic heterocycles. The highest BCUT2D eigenvalue weighted by Gasteiger charge is 2.32. The molecule has 82 valence electrons. The van der Waals surface area contributed by atoms with E-state index < -0.39 is 0 Å². The van der Waals surface area contributed by atoms with Crippen molar-refractivity contribution < 1.29 is 9.53 Å². The summed E-state index contributed by atoms with van der Waals surface area (Å²) in [5.41, 5.74) is 0.609. The van der Waals surface area contributed by atoms with Gasteiger partial charge in [-0.2, -0.15) is 5.10 Å². The topological polar surface area (TPSA) is 44.1 Å². The fourth-order valence-electron chi connectivity index (χ4n) is 1.68. The summed E-state index contributed by atoms with van der Waals surface area (Å²) >= 11 is 3.28. The highest BCUT2D eigenvalue weighted by molar-refractivity contribution is 9.10. The van der Waals surface area contributed by atoms with Crippen LogP contribution in [-0.4, -0.2) is 22.2 Å². The first-order chi connectivity index (χ1) is 6.91. The average molecular weight is 273 g/mol. The molecule has 2 rings (SSSR count). The Hall–Kier alpha value is -0.840. The van der Waals surface area contributed by atoms with E-state index in [-0.39, 0.29) is 11.2 Å². The van der Waals surface area contributed by atoms with Gasteiger partial charge in [-0.3, -0.25) is 4.79 Å². The van der Waals surface area contributed by atoms with Gasteiger partial charge in [-0.25, -0.2) is 4.68 Å². The Balaban J connectivity index is 2.48. The molecule has 0 saturated carbocycles. The number of halogens is 1. The Bertz CT molecular complexity index is 423. The number of carbonyl (C=O) groups is 1. The van der Waals surface area contributed by atoms with Gasteiger partial charge in [-0.15, -0.1) is 0 Å². The van der Waals surface area contributed by atoms with E-state index in [1.165, 1.54) is 6.92 Å². The van der Waals surface area contributed by atoms with Gasteiger partial charge in [0.25, 0.3) is 0 Å². The van der Waals surface area contributed by atoms with Gasteiger partial charge in [-0.05, 0) is 22.9 Å². The lowest BCUT2D eigenvalue weighted by Gasteiger charge is -2.30. The Labute approximate surface area is 96.7 Å². The molecule has 0 bridgehead atoms. The first-order valence-corrected chi connectivity index (χ1v) is 5.60. The van der Waals surface area contributed by atoms with Gasteiger partial charge < -0.3 is 4.74 Å². The zero-order valence-corrected chi connectivity index (χ0v) is 10.6. The minimum atomic E-state index is -0.0252. The molecule has 0 unspecified atom stereocenters. The number of ether oxygens (including phenoxy) is 1. The van der Waals surface area contributed by atoms with Crippen LogP contribution in [0.25, 0.3) is 0 Å². The van der Waals surface area contributed by atoms with Crippen molar-refractivity contribution in [3.63, 3.8) is 0 Å². The van der Waals surface area contributed by atoms with E-state index >= 15 is 0 Å². The Morgan fingerprint density at radius 1 is 1.60 bits per heavy atom. The molecule has 1 aliphatic rings. The Morgan fingerprint density at radius 3 is 2.87 bits per heavy atom. The first kappa shape index (κ1) is 10.7. The smallest absolute Gasteiger partial charge is 0.224 e. The number of hydrogen-bond acceptors (Lipinski definition) is 3. The number of ketones is 1. The summed E-state index contributed by atoms with van der Waals surface area (Å²) in [5, 5.41) is 4.26. The van der Waals surface area contributed by atoms with Gasteiger partial charge in [0, 0.05) is 5.41 Å². The van der Waals surface area contributed by atoms with Crippen LogP contribution in [0.1, 0.15) is 31.1 Å².